The van der Waals surface area contributed by atoms with E-state index in [1.54, 1.807) is 11.3 Å². The van der Waals surface area contributed by atoms with Crippen LogP contribution in [0.4, 0.5) is 4.39 Å². The minimum absolute atomic E-state index is 0.321. The monoisotopic (exact) mass is 243 g/mol. The first-order valence-corrected chi connectivity index (χ1v) is 6.50. The molecule has 0 aromatic carbocycles. The van der Waals surface area contributed by atoms with Gasteiger partial charge < -0.3 is 5.32 Å². The molecule has 1 aliphatic rings. The summed E-state index contributed by atoms with van der Waals surface area (Å²) in [6, 6.07) is 0.321. The number of nitrogens with zero attached hydrogens (tertiary/aromatic N) is 2. The zero-order chi connectivity index (χ0) is 11.5. The molecule has 0 bridgehead atoms. The van der Waals surface area contributed by atoms with Crippen LogP contribution in [-0.2, 0) is 6.54 Å². The zero-order valence-electron chi connectivity index (χ0n) is 9.74. The maximum atomic E-state index is 13.4. The van der Waals surface area contributed by atoms with Crippen LogP contribution in [0.3, 0.4) is 0 Å². The molecule has 2 heterocycles. The van der Waals surface area contributed by atoms with Crippen molar-refractivity contribution < 1.29 is 4.39 Å². The molecule has 0 radical (unpaired) electrons. The van der Waals surface area contributed by atoms with Gasteiger partial charge in [0.1, 0.15) is 6.17 Å². The van der Waals surface area contributed by atoms with Crippen molar-refractivity contribution in [1.82, 2.24) is 15.2 Å². The number of aryl methyl sites for hydroxylation is 1. The van der Waals surface area contributed by atoms with Gasteiger partial charge in [-0.15, -0.1) is 11.3 Å². The molecule has 2 atom stereocenters. The smallest absolute Gasteiger partial charge is 0.114 e. The molecular weight excluding hydrogens is 225 g/mol. The van der Waals surface area contributed by atoms with Gasteiger partial charge in [-0.05, 0) is 20.4 Å². The van der Waals surface area contributed by atoms with Crippen molar-refractivity contribution >= 4 is 11.3 Å². The predicted octanol–water partition coefficient (Wildman–Crippen LogP) is 1.58. The van der Waals surface area contributed by atoms with Crippen LogP contribution in [0.2, 0.25) is 0 Å². The van der Waals surface area contributed by atoms with Crippen LogP contribution >= 0.6 is 11.3 Å². The minimum atomic E-state index is -0.674. The molecule has 3 nitrogen and oxygen atoms in total. The summed E-state index contributed by atoms with van der Waals surface area (Å²) in [5.74, 6) is 0. The first-order valence-electron chi connectivity index (χ1n) is 5.62. The van der Waals surface area contributed by atoms with Crippen LogP contribution in [0.5, 0.6) is 0 Å². The standard InChI is InChI=1S/C11H18FN3S/c1-8-11(16-7-14-8)6-15-5-9(12)3-10(15)4-13-2/h7,9-10,13H,3-6H2,1-2H3/t9-,10+/m1/s1. The van der Waals surface area contributed by atoms with Crippen LogP contribution in [0, 0.1) is 6.92 Å². The molecule has 5 heteroatoms. The van der Waals surface area contributed by atoms with Gasteiger partial charge in [0.2, 0.25) is 0 Å². The average Bonchev–Trinajstić information content (AvgIpc) is 2.77. The SMILES string of the molecule is CNC[C@@H]1C[C@@H](F)CN1Cc1scnc1C. The largest absolute Gasteiger partial charge is 0.318 e. The lowest BCUT2D eigenvalue weighted by atomic mass is 10.2. The molecule has 1 aromatic heterocycles. The van der Waals surface area contributed by atoms with Gasteiger partial charge >= 0.3 is 0 Å². The van der Waals surface area contributed by atoms with E-state index in [4.69, 9.17) is 0 Å². The quantitative estimate of drug-likeness (QED) is 0.870. The molecule has 0 aliphatic carbocycles. The van der Waals surface area contributed by atoms with E-state index >= 15 is 0 Å². The van der Waals surface area contributed by atoms with Gasteiger partial charge in [0, 0.05) is 30.6 Å². The second kappa shape index (κ2) is 5.21. The molecule has 0 spiro atoms. The topological polar surface area (TPSA) is 28.2 Å². The maximum Gasteiger partial charge on any atom is 0.114 e. The molecule has 90 valence electrons. The van der Waals surface area contributed by atoms with Crippen molar-refractivity contribution in [2.75, 3.05) is 20.1 Å². The predicted molar refractivity (Wildman–Crippen MR) is 64.5 cm³/mol. The first-order chi connectivity index (χ1) is 7.70. The van der Waals surface area contributed by atoms with Crippen molar-refractivity contribution in [3.63, 3.8) is 0 Å². The fraction of sp³-hybridized carbons (Fsp3) is 0.727. The third-order valence-corrected chi connectivity index (χ3v) is 4.03. The summed E-state index contributed by atoms with van der Waals surface area (Å²) in [5.41, 5.74) is 2.94. The number of alkyl halides is 1. The highest BCUT2D eigenvalue weighted by atomic mass is 32.1. The Morgan fingerprint density at radius 3 is 3.12 bits per heavy atom. The Morgan fingerprint density at radius 1 is 1.69 bits per heavy atom. The summed E-state index contributed by atoms with van der Waals surface area (Å²) >= 11 is 1.66. The summed E-state index contributed by atoms with van der Waals surface area (Å²) in [5, 5.41) is 3.13. The molecule has 1 saturated heterocycles. The fourth-order valence-electron chi connectivity index (χ4n) is 2.23. The molecule has 1 aliphatic heterocycles. The molecule has 2 rings (SSSR count). The summed E-state index contributed by atoms with van der Waals surface area (Å²) in [4.78, 5) is 7.71. The Bertz CT molecular complexity index is 342. The van der Waals surface area contributed by atoms with E-state index in [0.29, 0.717) is 19.0 Å². The molecule has 1 aromatic rings. The van der Waals surface area contributed by atoms with E-state index < -0.39 is 6.17 Å². The lowest BCUT2D eigenvalue weighted by Gasteiger charge is -2.23. The van der Waals surface area contributed by atoms with E-state index in [9.17, 15) is 4.39 Å². The number of likely N-dealkylation sites (tertiary alicyclic amines) is 1. The van der Waals surface area contributed by atoms with Crippen molar-refractivity contribution in [3.05, 3.63) is 16.1 Å². The lowest BCUT2D eigenvalue weighted by Crippen LogP contribution is -2.36. The lowest BCUT2D eigenvalue weighted by molar-refractivity contribution is 0.234. The molecule has 1 fully saturated rings. The Kier molecular flexibility index (Phi) is 3.89. The highest BCUT2D eigenvalue weighted by Crippen LogP contribution is 2.24. The van der Waals surface area contributed by atoms with Crippen LogP contribution in [0.25, 0.3) is 0 Å². The Balaban J connectivity index is 2.00. The molecule has 1 N–H and O–H groups in total. The summed E-state index contributed by atoms with van der Waals surface area (Å²) in [6.07, 6.45) is -0.0230. The van der Waals surface area contributed by atoms with Crippen LogP contribution < -0.4 is 5.32 Å². The normalized spacial score (nSPS) is 26.4. The second-order valence-electron chi connectivity index (χ2n) is 4.33. The number of hydrogen-bond donors (Lipinski definition) is 1. The van der Waals surface area contributed by atoms with Crippen LogP contribution in [0.15, 0.2) is 5.51 Å². The van der Waals surface area contributed by atoms with E-state index in [2.05, 4.69) is 15.2 Å². The van der Waals surface area contributed by atoms with Crippen LogP contribution in [0.1, 0.15) is 17.0 Å². The Hall–Kier alpha value is -0.520. The highest BCUT2D eigenvalue weighted by molar-refractivity contribution is 7.09. The molecule has 0 unspecified atom stereocenters. The van der Waals surface area contributed by atoms with E-state index in [1.807, 2.05) is 19.5 Å². The van der Waals surface area contributed by atoms with Crippen molar-refractivity contribution in [1.29, 1.82) is 0 Å². The van der Waals surface area contributed by atoms with Gasteiger partial charge in [-0.3, -0.25) is 4.90 Å². The van der Waals surface area contributed by atoms with Crippen molar-refractivity contribution in [2.45, 2.75) is 32.1 Å². The Morgan fingerprint density at radius 2 is 2.50 bits per heavy atom. The summed E-state index contributed by atoms with van der Waals surface area (Å²) in [6.45, 7) is 4.27. The average molecular weight is 243 g/mol. The highest BCUT2D eigenvalue weighted by Gasteiger charge is 2.31. The molecule has 0 saturated carbocycles. The van der Waals surface area contributed by atoms with E-state index in [0.717, 1.165) is 18.8 Å². The number of thiazole rings is 1. The third-order valence-electron chi connectivity index (χ3n) is 3.11. The van der Waals surface area contributed by atoms with Gasteiger partial charge in [0.05, 0.1) is 11.2 Å². The second-order valence-corrected chi connectivity index (χ2v) is 5.27. The maximum absolute atomic E-state index is 13.4. The van der Waals surface area contributed by atoms with Gasteiger partial charge in [0.15, 0.2) is 0 Å². The molecular formula is C11H18FN3S. The first kappa shape index (κ1) is 12.0. The Labute approximate surface area is 99.7 Å². The minimum Gasteiger partial charge on any atom is -0.318 e. The van der Waals surface area contributed by atoms with Gasteiger partial charge in [-0.25, -0.2) is 9.37 Å². The van der Waals surface area contributed by atoms with Gasteiger partial charge in [0.25, 0.3) is 0 Å². The zero-order valence-corrected chi connectivity index (χ0v) is 10.6. The van der Waals surface area contributed by atoms with Crippen molar-refractivity contribution in [3.8, 4) is 0 Å². The van der Waals surface area contributed by atoms with E-state index in [-0.39, 0.29) is 0 Å². The number of nitrogens with one attached hydrogen (secondary N) is 1. The molecule has 16 heavy (non-hydrogen) atoms. The number of hydrogen-bond acceptors (Lipinski definition) is 4. The van der Waals surface area contributed by atoms with Crippen LogP contribution in [-0.4, -0.2) is 42.2 Å². The van der Waals surface area contributed by atoms with Gasteiger partial charge in [-0.1, -0.05) is 0 Å². The fourth-order valence-corrected chi connectivity index (χ4v) is 3.03. The van der Waals surface area contributed by atoms with Gasteiger partial charge in [-0.2, -0.15) is 0 Å². The van der Waals surface area contributed by atoms with Crippen molar-refractivity contribution in [2.24, 2.45) is 0 Å². The summed E-state index contributed by atoms with van der Waals surface area (Å²) < 4.78 is 13.4. The molecule has 0 amide bonds. The number of rotatable bonds is 4. The summed E-state index contributed by atoms with van der Waals surface area (Å²) in [7, 11) is 1.92. The number of halogens is 1. The number of aromatic nitrogens is 1. The van der Waals surface area contributed by atoms with E-state index in [1.165, 1.54) is 4.88 Å². The third kappa shape index (κ3) is 2.59. The number of likely N-dealkylation sites (N-methyl/N-ethyl adjacent to an activating group) is 1.